The zero-order valence-electron chi connectivity index (χ0n) is 11.6. The highest BCUT2D eigenvalue weighted by Gasteiger charge is 2.26. The van der Waals surface area contributed by atoms with Gasteiger partial charge in [-0.15, -0.1) is 0 Å². The Morgan fingerprint density at radius 2 is 2.19 bits per heavy atom. The van der Waals surface area contributed by atoms with Gasteiger partial charge in [0.1, 0.15) is 18.3 Å². The number of nitrogens with zero attached hydrogens (tertiary/aromatic N) is 2. The van der Waals surface area contributed by atoms with Crippen molar-refractivity contribution in [1.82, 2.24) is 9.55 Å². The van der Waals surface area contributed by atoms with E-state index >= 15 is 0 Å². The van der Waals surface area contributed by atoms with Crippen molar-refractivity contribution in [3.8, 4) is 0 Å². The average Bonchev–Trinajstić information content (AvgIpc) is 2.37. The molecule has 0 amide bonds. The molecule has 120 valence electrons. The van der Waals surface area contributed by atoms with Crippen LogP contribution in [-0.2, 0) is 9.30 Å². The van der Waals surface area contributed by atoms with E-state index in [1.807, 2.05) is 6.92 Å². The van der Waals surface area contributed by atoms with Crippen molar-refractivity contribution in [2.75, 3.05) is 18.7 Å². The lowest BCUT2D eigenvalue weighted by molar-refractivity contribution is -0.00741. The first-order valence-corrected chi connectivity index (χ1v) is 8.20. The molecule has 0 aliphatic carbocycles. The Hall–Kier alpha value is -1.25. The van der Waals surface area contributed by atoms with Crippen LogP contribution >= 0.6 is 7.60 Å². The summed E-state index contributed by atoms with van der Waals surface area (Å²) in [6.45, 7) is 1.39. The third-order valence-corrected chi connectivity index (χ3v) is 3.34. The van der Waals surface area contributed by atoms with Gasteiger partial charge in [-0.05, 0) is 12.5 Å². The lowest BCUT2D eigenvalue weighted by Crippen LogP contribution is -2.37. The predicted molar refractivity (Wildman–Crippen MR) is 75.7 cm³/mol. The summed E-state index contributed by atoms with van der Waals surface area (Å²) >= 11 is 0. The molecule has 0 bridgehead atoms. The molecule has 1 heterocycles. The molecular weight excluding hydrogens is 301 g/mol. The van der Waals surface area contributed by atoms with Crippen LogP contribution in [0.25, 0.3) is 0 Å². The highest BCUT2D eigenvalue weighted by atomic mass is 31.2. The van der Waals surface area contributed by atoms with Crippen molar-refractivity contribution in [2.45, 2.75) is 31.9 Å². The van der Waals surface area contributed by atoms with Crippen molar-refractivity contribution in [3.63, 3.8) is 0 Å². The fourth-order valence-electron chi connectivity index (χ4n) is 1.96. The van der Waals surface area contributed by atoms with Crippen LogP contribution in [-0.4, -0.2) is 43.5 Å². The van der Waals surface area contributed by atoms with Gasteiger partial charge in [-0.1, -0.05) is 13.3 Å². The molecule has 1 rings (SSSR count). The molecule has 5 N–H and O–H groups in total. The molecule has 0 saturated heterocycles. The lowest BCUT2D eigenvalue weighted by Gasteiger charge is -2.27. The van der Waals surface area contributed by atoms with E-state index in [2.05, 4.69) is 4.98 Å². The molecule has 0 fully saturated rings. The van der Waals surface area contributed by atoms with Gasteiger partial charge < -0.3 is 25.4 Å². The molecule has 1 aromatic rings. The minimum absolute atomic E-state index is 0.0724. The molecule has 0 aromatic carbocycles. The molecule has 0 saturated carbocycles. The quantitative estimate of drug-likeness (QED) is 0.476. The predicted octanol–water partition coefficient (Wildman–Crippen LogP) is -0.321. The summed E-state index contributed by atoms with van der Waals surface area (Å²) < 4.78 is 17.2. The number of anilines is 1. The number of aliphatic hydroxyl groups excluding tert-OH is 1. The summed E-state index contributed by atoms with van der Waals surface area (Å²) in [4.78, 5) is 33.1. The first kappa shape index (κ1) is 17.8. The molecule has 2 unspecified atom stereocenters. The smallest absolute Gasteiger partial charge is 0.350 e. The van der Waals surface area contributed by atoms with Crippen LogP contribution in [0.3, 0.4) is 0 Å². The molecule has 1 aromatic heterocycles. The molecular formula is C11H20N3O6P. The Morgan fingerprint density at radius 3 is 2.67 bits per heavy atom. The molecule has 21 heavy (non-hydrogen) atoms. The Morgan fingerprint density at radius 1 is 1.52 bits per heavy atom. The van der Waals surface area contributed by atoms with Crippen molar-refractivity contribution < 1.29 is 24.2 Å². The zero-order valence-corrected chi connectivity index (χ0v) is 12.5. The van der Waals surface area contributed by atoms with Gasteiger partial charge in [0, 0.05) is 6.20 Å². The largest absolute Gasteiger partial charge is 0.394 e. The molecule has 0 aliphatic rings. The number of hydrogen-bond donors (Lipinski definition) is 4. The standard InChI is InChI=1S/C11H20N3O6P/c1-2-3-8(9(6-15)20-7-21(17,18)19)14-5-4-10(12)13-11(14)16/h4-5,8-9,15H,2-3,6-7H2,1H3,(H2,12,13,16)(H2,17,18,19). The van der Waals surface area contributed by atoms with E-state index in [4.69, 9.17) is 20.3 Å². The Kier molecular flexibility index (Phi) is 6.50. The van der Waals surface area contributed by atoms with E-state index < -0.39 is 38.4 Å². The molecule has 9 nitrogen and oxygen atoms in total. The Balaban J connectivity index is 3.02. The SMILES string of the molecule is CCCC(C(CO)OCP(=O)(O)O)n1ccc(N)nc1=O. The number of hydrogen-bond acceptors (Lipinski definition) is 6. The number of aliphatic hydroxyl groups is 1. The Labute approximate surface area is 121 Å². The normalized spacial score (nSPS) is 14.9. The van der Waals surface area contributed by atoms with Gasteiger partial charge in [0.15, 0.2) is 0 Å². The van der Waals surface area contributed by atoms with Crippen LogP contribution in [0.15, 0.2) is 17.1 Å². The first-order valence-electron chi connectivity index (χ1n) is 6.40. The van der Waals surface area contributed by atoms with Crippen LogP contribution in [0, 0.1) is 0 Å². The van der Waals surface area contributed by atoms with Gasteiger partial charge in [0.05, 0.1) is 12.6 Å². The lowest BCUT2D eigenvalue weighted by atomic mass is 10.1. The number of ether oxygens (including phenoxy) is 1. The fraction of sp³-hybridized carbons (Fsp3) is 0.636. The number of nitrogen functional groups attached to an aromatic ring is 1. The van der Waals surface area contributed by atoms with Crippen LogP contribution in [0.4, 0.5) is 5.82 Å². The summed E-state index contributed by atoms with van der Waals surface area (Å²) in [5, 5.41) is 9.39. The highest BCUT2D eigenvalue weighted by molar-refractivity contribution is 7.51. The van der Waals surface area contributed by atoms with E-state index in [1.54, 1.807) is 0 Å². The summed E-state index contributed by atoms with van der Waals surface area (Å²) in [6.07, 6.45) is 0.819. The maximum absolute atomic E-state index is 11.9. The summed E-state index contributed by atoms with van der Waals surface area (Å²) in [5.41, 5.74) is 4.81. The second-order valence-corrected chi connectivity index (χ2v) is 6.17. The second-order valence-electron chi connectivity index (χ2n) is 4.58. The highest BCUT2D eigenvalue weighted by Crippen LogP contribution is 2.35. The maximum Gasteiger partial charge on any atom is 0.350 e. The maximum atomic E-state index is 11.9. The zero-order chi connectivity index (χ0) is 16.0. The third-order valence-electron chi connectivity index (χ3n) is 2.86. The van der Waals surface area contributed by atoms with Crippen molar-refractivity contribution in [1.29, 1.82) is 0 Å². The summed E-state index contributed by atoms with van der Waals surface area (Å²) in [7, 11) is -4.36. The molecule has 0 radical (unpaired) electrons. The van der Waals surface area contributed by atoms with Gasteiger partial charge in [-0.25, -0.2) is 4.79 Å². The number of aromatic nitrogens is 2. The van der Waals surface area contributed by atoms with E-state index in [0.717, 1.165) is 0 Å². The second kappa shape index (κ2) is 7.67. The van der Waals surface area contributed by atoms with Gasteiger partial charge in [0.25, 0.3) is 0 Å². The molecule has 2 atom stereocenters. The van der Waals surface area contributed by atoms with E-state index in [0.29, 0.717) is 12.8 Å². The van der Waals surface area contributed by atoms with E-state index in [-0.39, 0.29) is 5.82 Å². The van der Waals surface area contributed by atoms with Crippen molar-refractivity contribution in [3.05, 3.63) is 22.7 Å². The van der Waals surface area contributed by atoms with Crippen LogP contribution in [0.2, 0.25) is 0 Å². The molecule has 0 spiro atoms. The van der Waals surface area contributed by atoms with Gasteiger partial charge in [0.2, 0.25) is 0 Å². The monoisotopic (exact) mass is 321 g/mol. The molecule has 0 aliphatic heterocycles. The minimum atomic E-state index is -4.36. The van der Waals surface area contributed by atoms with Crippen LogP contribution in [0.1, 0.15) is 25.8 Å². The van der Waals surface area contributed by atoms with Gasteiger partial charge in [-0.2, -0.15) is 4.98 Å². The van der Waals surface area contributed by atoms with Crippen molar-refractivity contribution in [2.24, 2.45) is 0 Å². The molecule has 10 heteroatoms. The van der Waals surface area contributed by atoms with Crippen LogP contribution in [0.5, 0.6) is 0 Å². The minimum Gasteiger partial charge on any atom is -0.394 e. The number of nitrogens with two attached hydrogens (primary N) is 1. The first-order chi connectivity index (χ1) is 9.78. The fourth-order valence-corrected chi connectivity index (χ4v) is 2.34. The topological polar surface area (TPSA) is 148 Å². The van der Waals surface area contributed by atoms with Crippen molar-refractivity contribution >= 4 is 13.4 Å². The van der Waals surface area contributed by atoms with E-state index in [1.165, 1.54) is 16.8 Å². The summed E-state index contributed by atoms with van der Waals surface area (Å²) in [6, 6.07) is 0.841. The average molecular weight is 321 g/mol. The van der Waals surface area contributed by atoms with Gasteiger partial charge >= 0.3 is 13.3 Å². The van der Waals surface area contributed by atoms with Crippen LogP contribution < -0.4 is 11.4 Å². The summed E-state index contributed by atoms with van der Waals surface area (Å²) in [5.74, 6) is 0.0724. The Bertz CT molecular complexity index is 557. The third kappa shape index (κ3) is 5.56. The van der Waals surface area contributed by atoms with E-state index in [9.17, 15) is 14.5 Å². The number of rotatable bonds is 8. The van der Waals surface area contributed by atoms with Gasteiger partial charge in [-0.3, -0.25) is 9.13 Å².